The molecule has 2 aliphatic rings. The lowest BCUT2D eigenvalue weighted by molar-refractivity contribution is -0.137. The van der Waals surface area contributed by atoms with Gasteiger partial charge < -0.3 is 19.8 Å². The smallest absolute Gasteiger partial charge is 0.416 e. The van der Waals surface area contributed by atoms with Crippen LogP contribution in [0.4, 0.5) is 18.0 Å². The first kappa shape index (κ1) is 32.6. The van der Waals surface area contributed by atoms with Gasteiger partial charge in [-0.15, -0.1) is 0 Å². The normalized spacial score (nSPS) is 22.0. The van der Waals surface area contributed by atoms with Crippen molar-refractivity contribution in [2.24, 2.45) is 5.41 Å². The molecule has 1 fully saturated rings. The third kappa shape index (κ3) is 6.77. The minimum absolute atomic E-state index is 0.0602. The van der Waals surface area contributed by atoms with E-state index in [2.05, 4.69) is 0 Å². The van der Waals surface area contributed by atoms with Crippen LogP contribution in [0.1, 0.15) is 108 Å². The van der Waals surface area contributed by atoms with Gasteiger partial charge >= 0.3 is 12.3 Å². The summed E-state index contributed by atoms with van der Waals surface area (Å²) in [6.45, 7) is 6.07. The lowest BCUT2D eigenvalue weighted by Crippen LogP contribution is -2.46. The van der Waals surface area contributed by atoms with Crippen molar-refractivity contribution in [3.05, 3.63) is 99.4 Å². The molecule has 1 aliphatic carbocycles. The minimum Gasteiger partial charge on any atom is -0.465 e. The molecule has 240 valence electrons. The van der Waals surface area contributed by atoms with Gasteiger partial charge in [-0.2, -0.15) is 13.2 Å². The summed E-state index contributed by atoms with van der Waals surface area (Å²) >= 11 is 0. The van der Waals surface area contributed by atoms with Crippen molar-refractivity contribution in [2.45, 2.75) is 83.2 Å². The molecule has 0 radical (unpaired) electrons. The molecule has 1 aliphatic heterocycles. The summed E-state index contributed by atoms with van der Waals surface area (Å²) < 4.78 is 45.7. The van der Waals surface area contributed by atoms with Gasteiger partial charge in [-0.05, 0) is 73.6 Å². The first-order valence-electron chi connectivity index (χ1n) is 15.2. The molecule has 1 aromatic heterocycles. The van der Waals surface area contributed by atoms with Gasteiger partial charge in [-0.25, -0.2) is 4.79 Å². The number of carboxylic acid groups (broad SMARTS) is 1. The number of likely N-dealkylation sites (tertiary alicyclic amines) is 1. The number of nitrogens with zero attached hydrogens (tertiary/aromatic N) is 2. The van der Waals surface area contributed by atoms with Crippen LogP contribution in [0.5, 0.6) is 0 Å². The van der Waals surface area contributed by atoms with Crippen molar-refractivity contribution in [3.63, 3.8) is 0 Å². The number of aliphatic hydroxyl groups excluding tert-OH is 1. The van der Waals surface area contributed by atoms with Crippen molar-refractivity contribution < 1.29 is 37.7 Å². The van der Waals surface area contributed by atoms with Crippen molar-refractivity contribution >= 4 is 11.9 Å². The van der Waals surface area contributed by atoms with Crippen LogP contribution in [0.15, 0.2) is 54.6 Å². The molecule has 5 rings (SSSR count). The van der Waals surface area contributed by atoms with Crippen LogP contribution >= 0.6 is 0 Å². The molecule has 0 spiro atoms. The van der Waals surface area contributed by atoms with E-state index in [-0.39, 0.29) is 29.0 Å². The molecule has 4 atom stereocenters. The lowest BCUT2D eigenvalue weighted by Gasteiger charge is -2.42. The van der Waals surface area contributed by atoms with Crippen LogP contribution in [-0.4, -0.2) is 51.7 Å². The molecule has 2 heterocycles. The topological polar surface area (TPSA) is 100.0 Å². The molecule has 45 heavy (non-hydrogen) atoms. The number of methoxy groups -OCH3 is 1. The third-order valence-electron chi connectivity index (χ3n) is 9.23. The van der Waals surface area contributed by atoms with Gasteiger partial charge in [0.25, 0.3) is 0 Å². The fourth-order valence-electron chi connectivity index (χ4n) is 7.02. The second-order valence-electron chi connectivity index (χ2n) is 13.0. The Morgan fingerprint density at radius 3 is 2.36 bits per heavy atom. The van der Waals surface area contributed by atoms with Crippen LogP contribution in [0.2, 0.25) is 0 Å². The average molecular weight is 625 g/mol. The van der Waals surface area contributed by atoms with Crippen LogP contribution in [-0.2, 0) is 23.8 Å². The Bertz CT molecular complexity index is 1560. The van der Waals surface area contributed by atoms with Gasteiger partial charge in [-0.1, -0.05) is 56.3 Å². The number of aliphatic hydroxyl groups is 1. The van der Waals surface area contributed by atoms with E-state index in [0.717, 1.165) is 17.7 Å². The molecule has 3 aromatic rings. The van der Waals surface area contributed by atoms with Crippen molar-refractivity contribution in [3.8, 4) is 0 Å². The Balaban J connectivity index is 1.70. The number of fused-ring (bicyclic) bond motifs is 1. The molecule has 0 saturated carbocycles. The molecular weight excluding hydrogens is 585 g/mol. The fourth-order valence-corrected chi connectivity index (χ4v) is 7.02. The molecule has 10 heteroatoms. The molecule has 1 amide bonds. The highest BCUT2D eigenvalue weighted by Crippen LogP contribution is 2.48. The van der Waals surface area contributed by atoms with Gasteiger partial charge in [0.1, 0.15) is 0 Å². The summed E-state index contributed by atoms with van der Waals surface area (Å²) in [7, 11) is 1.50. The van der Waals surface area contributed by atoms with Gasteiger partial charge in [0, 0.05) is 36.5 Å². The highest BCUT2D eigenvalue weighted by molar-refractivity contribution is 6.11. The van der Waals surface area contributed by atoms with Gasteiger partial charge in [-0.3, -0.25) is 9.78 Å². The summed E-state index contributed by atoms with van der Waals surface area (Å²) in [6, 6.07) is 13.3. The molecule has 3 unspecified atom stereocenters. The van der Waals surface area contributed by atoms with E-state index in [1.807, 2.05) is 44.2 Å². The first-order chi connectivity index (χ1) is 21.2. The molecule has 7 nitrogen and oxygen atoms in total. The number of ketones is 1. The standard InChI is InChI=1S/C35H39F3N2O5/c1-20(45-4)31-30(32(42)22-10-12-24(13-11-22)35(36,37)38)28(29-26(39-31)18-34(2,3)19-27(29)41)23-14-15-40(33(43)44)25(17-23)16-21-8-6-5-7-9-21/h5-13,20,23,25,27,41H,14-19H2,1-4H3,(H,43,44)/t20?,23?,25?,27-/m0/s1. The Morgan fingerprint density at radius 2 is 1.76 bits per heavy atom. The summed E-state index contributed by atoms with van der Waals surface area (Å²) in [5.74, 6) is -0.830. The quantitative estimate of drug-likeness (QED) is 0.264. The van der Waals surface area contributed by atoms with Crippen molar-refractivity contribution in [1.82, 2.24) is 9.88 Å². The van der Waals surface area contributed by atoms with E-state index in [4.69, 9.17) is 9.72 Å². The monoisotopic (exact) mass is 624 g/mol. The van der Waals surface area contributed by atoms with Gasteiger partial charge in [0.05, 0.1) is 29.0 Å². The predicted octanol–water partition coefficient (Wildman–Crippen LogP) is 7.51. The fraction of sp³-hybridized carbons (Fsp3) is 0.457. The number of aromatic nitrogens is 1. The second kappa shape index (κ2) is 12.6. The number of ether oxygens (including phenoxy) is 1. The average Bonchev–Trinajstić information content (AvgIpc) is 2.98. The van der Waals surface area contributed by atoms with Crippen LogP contribution in [0.3, 0.4) is 0 Å². The number of carbonyl (C=O) groups excluding carboxylic acids is 1. The number of amides is 1. The number of alkyl halides is 3. The maximum Gasteiger partial charge on any atom is 0.416 e. The van der Waals surface area contributed by atoms with Gasteiger partial charge in [0.2, 0.25) is 0 Å². The number of rotatable bonds is 7. The van der Waals surface area contributed by atoms with E-state index in [1.54, 1.807) is 6.92 Å². The Hall–Kier alpha value is -3.76. The van der Waals surface area contributed by atoms with E-state index >= 15 is 0 Å². The van der Waals surface area contributed by atoms with Crippen molar-refractivity contribution in [1.29, 1.82) is 0 Å². The molecule has 0 bridgehead atoms. The van der Waals surface area contributed by atoms with E-state index in [9.17, 15) is 33.0 Å². The second-order valence-corrected chi connectivity index (χ2v) is 13.0. The number of benzene rings is 2. The number of pyridine rings is 1. The van der Waals surface area contributed by atoms with Crippen LogP contribution < -0.4 is 0 Å². The zero-order valence-corrected chi connectivity index (χ0v) is 25.9. The maximum absolute atomic E-state index is 14.4. The Labute approximate surface area is 261 Å². The highest BCUT2D eigenvalue weighted by Gasteiger charge is 2.42. The number of hydrogen-bond donors (Lipinski definition) is 2. The largest absolute Gasteiger partial charge is 0.465 e. The summed E-state index contributed by atoms with van der Waals surface area (Å²) in [5.41, 5.74) is 2.32. The Kier molecular flexibility index (Phi) is 9.11. The SMILES string of the molecule is COC(C)c1nc2c(c(C3CCN(C(=O)O)C(Cc4ccccc4)C3)c1C(=O)c1ccc(C(F)(F)F)cc1)[C@@H](O)CC(C)(C)C2. The third-order valence-corrected chi connectivity index (χ3v) is 9.23. The highest BCUT2D eigenvalue weighted by atomic mass is 19.4. The van der Waals surface area contributed by atoms with E-state index < -0.39 is 41.9 Å². The van der Waals surface area contributed by atoms with E-state index in [0.29, 0.717) is 54.6 Å². The molecule has 2 N–H and O–H groups in total. The maximum atomic E-state index is 14.4. The number of hydrogen-bond acceptors (Lipinski definition) is 5. The first-order valence-corrected chi connectivity index (χ1v) is 15.2. The summed E-state index contributed by atoms with van der Waals surface area (Å²) in [5, 5.41) is 21.7. The molecule has 1 saturated heterocycles. The Morgan fingerprint density at radius 1 is 1.09 bits per heavy atom. The van der Waals surface area contributed by atoms with Gasteiger partial charge in [0.15, 0.2) is 5.78 Å². The predicted molar refractivity (Wildman–Crippen MR) is 162 cm³/mol. The van der Waals surface area contributed by atoms with Crippen molar-refractivity contribution in [2.75, 3.05) is 13.7 Å². The summed E-state index contributed by atoms with van der Waals surface area (Å²) in [4.78, 5) is 33.1. The lowest BCUT2D eigenvalue weighted by atomic mass is 9.69. The molecular formula is C35H39F3N2O5. The number of halogens is 3. The van der Waals surface area contributed by atoms with Crippen LogP contribution in [0.25, 0.3) is 0 Å². The molecule has 2 aromatic carbocycles. The number of carbonyl (C=O) groups is 2. The van der Waals surface area contributed by atoms with Crippen LogP contribution in [0, 0.1) is 5.41 Å². The zero-order chi connectivity index (χ0) is 32.7. The summed E-state index contributed by atoms with van der Waals surface area (Å²) in [6.07, 6.45) is -4.90. The number of piperidine rings is 1. The van der Waals surface area contributed by atoms with E-state index in [1.165, 1.54) is 24.1 Å². The zero-order valence-electron chi connectivity index (χ0n) is 25.9. The minimum atomic E-state index is -4.56.